The molecule has 1 atom stereocenters. The lowest BCUT2D eigenvalue weighted by Gasteiger charge is -2.25. The van der Waals surface area contributed by atoms with Crippen molar-refractivity contribution in [1.82, 2.24) is 0 Å². The number of ether oxygens (including phenoxy) is 1. The second-order valence-corrected chi connectivity index (χ2v) is 3.07. The highest BCUT2D eigenvalue weighted by Gasteiger charge is 2.23. The molecule has 0 fully saturated rings. The summed E-state index contributed by atoms with van der Waals surface area (Å²) < 4.78 is 4.93. The van der Waals surface area contributed by atoms with Gasteiger partial charge < -0.3 is 9.84 Å². The smallest absolute Gasteiger partial charge is 0.0877 e. The number of terminal acetylenes is 1. The number of methoxy groups -OCH3 is 1. The Bertz CT molecular complexity index is 148. The van der Waals surface area contributed by atoms with Gasteiger partial charge in [0.25, 0.3) is 0 Å². The lowest BCUT2D eigenvalue weighted by molar-refractivity contribution is -0.0406. The van der Waals surface area contributed by atoms with E-state index < -0.39 is 5.60 Å². The second kappa shape index (κ2) is 6.05. The van der Waals surface area contributed by atoms with E-state index in [1.165, 1.54) is 0 Å². The summed E-state index contributed by atoms with van der Waals surface area (Å²) in [6, 6.07) is 0. The van der Waals surface area contributed by atoms with Gasteiger partial charge in [0.1, 0.15) is 0 Å². The molecule has 1 unspecified atom stereocenters. The van der Waals surface area contributed by atoms with Crippen LogP contribution in [-0.4, -0.2) is 24.4 Å². The topological polar surface area (TPSA) is 29.5 Å². The zero-order valence-corrected chi connectivity index (χ0v) is 7.97. The maximum atomic E-state index is 9.85. The molecule has 12 heavy (non-hydrogen) atoms. The maximum absolute atomic E-state index is 9.85. The molecular formula is C10H18O2. The molecule has 0 aliphatic heterocycles. The van der Waals surface area contributed by atoms with E-state index in [2.05, 4.69) is 5.92 Å². The molecular weight excluding hydrogens is 152 g/mol. The molecule has 0 aliphatic rings. The van der Waals surface area contributed by atoms with Gasteiger partial charge in [-0.05, 0) is 19.3 Å². The largest absolute Gasteiger partial charge is 0.387 e. The Labute approximate surface area is 74.9 Å². The SMILES string of the molecule is C#CCCCC(O)(CC)COC. The van der Waals surface area contributed by atoms with E-state index in [0.29, 0.717) is 13.0 Å². The molecule has 0 bridgehead atoms. The average molecular weight is 170 g/mol. The van der Waals surface area contributed by atoms with Crippen molar-refractivity contribution >= 4 is 0 Å². The molecule has 0 aliphatic carbocycles. The molecule has 0 aromatic heterocycles. The summed E-state index contributed by atoms with van der Waals surface area (Å²) in [5.41, 5.74) is -0.675. The summed E-state index contributed by atoms with van der Waals surface area (Å²) in [7, 11) is 1.60. The summed E-state index contributed by atoms with van der Waals surface area (Å²) in [5, 5.41) is 9.85. The summed E-state index contributed by atoms with van der Waals surface area (Å²) >= 11 is 0. The van der Waals surface area contributed by atoms with Gasteiger partial charge in [0.2, 0.25) is 0 Å². The van der Waals surface area contributed by atoms with Crippen LogP contribution >= 0.6 is 0 Å². The molecule has 0 heterocycles. The third-order valence-corrected chi connectivity index (χ3v) is 2.03. The normalized spacial score (nSPS) is 15.2. The van der Waals surface area contributed by atoms with Crippen molar-refractivity contribution in [2.45, 2.75) is 38.2 Å². The maximum Gasteiger partial charge on any atom is 0.0877 e. The lowest BCUT2D eigenvalue weighted by atomic mass is 9.95. The van der Waals surface area contributed by atoms with Crippen molar-refractivity contribution < 1.29 is 9.84 Å². The molecule has 0 radical (unpaired) electrons. The quantitative estimate of drug-likeness (QED) is 0.484. The Morgan fingerprint density at radius 3 is 2.67 bits per heavy atom. The Balaban J connectivity index is 3.72. The van der Waals surface area contributed by atoms with Crippen LogP contribution in [0.3, 0.4) is 0 Å². The van der Waals surface area contributed by atoms with Crippen LogP contribution < -0.4 is 0 Å². The predicted octanol–water partition coefficient (Wildman–Crippen LogP) is 1.58. The van der Waals surface area contributed by atoms with E-state index >= 15 is 0 Å². The van der Waals surface area contributed by atoms with E-state index in [0.717, 1.165) is 19.3 Å². The minimum absolute atomic E-state index is 0.397. The zero-order chi connectivity index (χ0) is 9.45. The molecule has 70 valence electrons. The van der Waals surface area contributed by atoms with Crippen LogP contribution in [0.5, 0.6) is 0 Å². The van der Waals surface area contributed by atoms with Gasteiger partial charge in [0, 0.05) is 13.5 Å². The first kappa shape index (κ1) is 11.5. The minimum atomic E-state index is -0.675. The van der Waals surface area contributed by atoms with Gasteiger partial charge in [-0.3, -0.25) is 0 Å². The summed E-state index contributed by atoms with van der Waals surface area (Å²) in [6.45, 7) is 2.35. The molecule has 2 heteroatoms. The van der Waals surface area contributed by atoms with Crippen molar-refractivity contribution in [3.63, 3.8) is 0 Å². The van der Waals surface area contributed by atoms with E-state index in [1.807, 2.05) is 6.92 Å². The fourth-order valence-corrected chi connectivity index (χ4v) is 1.14. The fraction of sp³-hybridized carbons (Fsp3) is 0.800. The number of unbranched alkanes of at least 4 members (excludes halogenated alkanes) is 1. The van der Waals surface area contributed by atoms with Gasteiger partial charge in [-0.1, -0.05) is 6.92 Å². The van der Waals surface area contributed by atoms with Gasteiger partial charge in [-0.25, -0.2) is 0 Å². The van der Waals surface area contributed by atoms with Crippen molar-refractivity contribution in [2.75, 3.05) is 13.7 Å². The Morgan fingerprint density at radius 1 is 1.58 bits per heavy atom. The highest BCUT2D eigenvalue weighted by atomic mass is 16.5. The van der Waals surface area contributed by atoms with Crippen LogP contribution in [0.15, 0.2) is 0 Å². The molecule has 0 spiro atoms. The second-order valence-electron chi connectivity index (χ2n) is 3.07. The summed E-state index contributed by atoms with van der Waals surface area (Å²) in [5.74, 6) is 2.55. The minimum Gasteiger partial charge on any atom is -0.387 e. The molecule has 2 nitrogen and oxygen atoms in total. The van der Waals surface area contributed by atoms with Crippen LogP contribution in [0.4, 0.5) is 0 Å². The van der Waals surface area contributed by atoms with E-state index in [4.69, 9.17) is 11.2 Å². The summed E-state index contributed by atoms with van der Waals surface area (Å²) in [6.07, 6.45) is 8.14. The van der Waals surface area contributed by atoms with Crippen molar-refractivity contribution in [1.29, 1.82) is 0 Å². The van der Waals surface area contributed by atoms with Crippen molar-refractivity contribution in [3.05, 3.63) is 0 Å². The van der Waals surface area contributed by atoms with Crippen LogP contribution in [-0.2, 0) is 4.74 Å². The van der Waals surface area contributed by atoms with Crippen LogP contribution in [0.2, 0.25) is 0 Å². The molecule has 0 amide bonds. The predicted molar refractivity (Wildman–Crippen MR) is 49.8 cm³/mol. The van der Waals surface area contributed by atoms with Gasteiger partial charge in [-0.2, -0.15) is 0 Å². The first-order chi connectivity index (χ1) is 5.68. The molecule has 0 aromatic rings. The number of hydrogen-bond donors (Lipinski definition) is 1. The third kappa shape index (κ3) is 4.38. The molecule has 0 saturated carbocycles. The van der Waals surface area contributed by atoms with Gasteiger partial charge in [0.15, 0.2) is 0 Å². The van der Waals surface area contributed by atoms with Crippen molar-refractivity contribution in [2.24, 2.45) is 0 Å². The zero-order valence-electron chi connectivity index (χ0n) is 7.97. The fourth-order valence-electron chi connectivity index (χ4n) is 1.14. The Morgan fingerprint density at radius 2 is 2.25 bits per heavy atom. The average Bonchev–Trinajstić information content (AvgIpc) is 2.06. The van der Waals surface area contributed by atoms with E-state index in [9.17, 15) is 5.11 Å². The Kier molecular flexibility index (Phi) is 5.79. The van der Waals surface area contributed by atoms with E-state index in [-0.39, 0.29) is 0 Å². The van der Waals surface area contributed by atoms with E-state index in [1.54, 1.807) is 7.11 Å². The summed E-state index contributed by atoms with van der Waals surface area (Å²) in [4.78, 5) is 0. The highest BCUT2D eigenvalue weighted by Crippen LogP contribution is 2.18. The lowest BCUT2D eigenvalue weighted by Crippen LogP contribution is -2.33. The van der Waals surface area contributed by atoms with Crippen LogP contribution in [0, 0.1) is 12.3 Å². The molecule has 0 rings (SSSR count). The monoisotopic (exact) mass is 170 g/mol. The van der Waals surface area contributed by atoms with Gasteiger partial charge >= 0.3 is 0 Å². The van der Waals surface area contributed by atoms with Gasteiger partial charge in [-0.15, -0.1) is 12.3 Å². The number of aliphatic hydroxyl groups is 1. The first-order valence-corrected chi connectivity index (χ1v) is 4.33. The van der Waals surface area contributed by atoms with Crippen LogP contribution in [0.1, 0.15) is 32.6 Å². The molecule has 1 N–H and O–H groups in total. The van der Waals surface area contributed by atoms with Crippen molar-refractivity contribution in [3.8, 4) is 12.3 Å². The molecule has 0 saturated heterocycles. The molecule has 0 aromatic carbocycles. The Hall–Kier alpha value is -0.520. The van der Waals surface area contributed by atoms with Crippen LogP contribution in [0.25, 0.3) is 0 Å². The number of rotatable bonds is 6. The third-order valence-electron chi connectivity index (χ3n) is 2.03. The first-order valence-electron chi connectivity index (χ1n) is 4.33. The standard InChI is InChI=1S/C10H18O2/c1-4-6-7-8-10(11,5-2)9-12-3/h1,11H,5-9H2,2-3H3. The highest BCUT2D eigenvalue weighted by molar-refractivity contribution is 4.85. The van der Waals surface area contributed by atoms with Gasteiger partial charge in [0.05, 0.1) is 12.2 Å². The number of hydrogen-bond acceptors (Lipinski definition) is 2.